The second kappa shape index (κ2) is 5.05. The summed E-state index contributed by atoms with van der Waals surface area (Å²) in [4.78, 5) is 15.2. The number of carbonyl (C=O) groups excluding carboxylic acids is 1. The van der Waals surface area contributed by atoms with Crippen molar-refractivity contribution in [2.75, 3.05) is 0 Å². The molecule has 0 bridgehead atoms. The first-order valence-corrected chi connectivity index (χ1v) is 6.08. The largest absolute Gasteiger partial charge is 0.485 e. The van der Waals surface area contributed by atoms with E-state index in [4.69, 9.17) is 14.9 Å². The van der Waals surface area contributed by atoms with E-state index < -0.39 is 5.91 Å². The van der Waals surface area contributed by atoms with Crippen molar-refractivity contribution in [1.82, 2.24) is 4.98 Å². The monoisotopic (exact) mass is 268 g/mol. The summed E-state index contributed by atoms with van der Waals surface area (Å²) in [5.41, 5.74) is 6.68. The van der Waals surface area contributed by atoms with Gasteiger partial charge < -0.3 is 14.9 Å². The maximum atomic E-state index is 11.1. The molecule has 0 atom stereocenters. The minimum atomic E-state index is -0.598. The summed E-state index contributed by atoms with van der Waals surface area (Å²) >= 11 is 0. The maximum absolute atomic E-state index is 11.1. The topological polar surface area (TPSA) is 78.4 Å². The van der Waals surface area contributed by atoms with Gasteiger partial charge in [0.2, 0.25) is 0 Å². The Labute approximate surface area is 115 Å². The van der Waals surface area contributed by atoms with Crippen LogP contribution in [0, 0.1) is 0 Å². The minimum Gasteiger partial charge on any atom is -0.485 e. The number of aromatic nitrogens is 1. The van der Waals surface area contributed by atoms with E-state index in [1.807, 2.05) is 24.3 Å². The Kier molecular flexibility index (Phi) is 3.09. The quantitative estimate of drug-likeness (QED) is 0.788. The molecule has 0 unspecified atom stereocenters. The first-order valence-electron chi connectivity index (χ1n) is 6.08. The highest BCUT2D eigenvalue weighted by Crippen LogP contribution is 2.29. The maximum Gasteiger partial charge on any atom is 0.284 e. The van der Waals surface area contributed by atoms with E-state index in [9.17, 15) is 4.79 Å². The molecule has 0 aliphatic rings. The highest BCUT2D eigenvalue weighted by atomic mass is 16.5. The number of nitrogens with zero attached hydrogens (tertiary/aromatic N) is 1. The first kappa shape index (κ1) is 12.2. The van der Waals surface area contributed by atoms with Gasteiger partial charge in [-0.3, -0.25) is 9.78 Å². The number of para-hydroxylation sites is 1. The zero-order valence-electron chi connectivity index (χ0n) is 10.6. The van der Waals surface area contributed by atoms with Crippen molar-refractivity contribution in [3.63, 3.8) is 0 Å². The SMILES string of the molecule is NC(=O)c1cc2cccc(OCc3cccnc3)c2o1. The zero-order chi connectivity index (χ0) is 13.9. The molecule has 0 aliphatic carbocycles. The van der Waals surface area contributed by atoms with Crippen molar-refractivity contribution in [2.45, 2.75) is 6.61 Å². The second-order valence-corrected chi connectivity index (χ2v) is 4.30. The lowest BCUT2D eigenvalue weighted by molar-refractivity contribution is 0.0976. The van der Waals surface area contributed by atoms with Crippen molar-refractivity contribution in [1.29, 1.82) is 0 Å². The first-order chi connectivity index (χ1) is 9.74. The predicted molar refractivity (Wildman–Crippen MR) is 73.3 cm³/mol. The predicted octanol–water partition coefficient (Wildman–Crippen LogP) is 2.51. The number of hydrogen-bond donors (Lipinski definition) is 1. The van der Waals surface area contributed by atoms with Crippen molar-refractivity contribution >= 4 is 16.9 Å². The van der Waals surface area contributed by atoms with Crippen LogP contribution in [-0.4, -0.2) is 10.9 Å². The average Bonchev–Trinajstić information content (AvgIpc) is 2.91. The molecule has 3 rings (SSSR count). The number of nitrogens with two attached hydrogens (primary N) is 1. The minimum absolute atomic E-state index is 0.123. The molecule has 0 fully saturated rings. The molecule has 2 aromatic heterocycles. The number of rotatable bonds is 4. The van der Waals surface area contributed by atoms with E-state index in [-0.39, 0.29) is 5.76 Å². The molecule has 2 N–H and O–H groups in total. The van der Waals surface area contributed by atoms with E-state index >= 15 is 0 Å². The molecule has 1 aromatic carbocycles. The lowest BCUT2D eigenvalue weighted by Crippen LogP contribution is -2.08. The summed E-state index contributed by atoms with van der Waals surface area (Å²) in [5, 5.41) is 0.780. The fourth-order valence-corrected chi connectivity index (χ4v) is 1.92. The van der Waals surface area contributed by atoms with Gasteiger partial charge in [-0.15, -0.1) is 0 Å². The third kappa shape index (κ3) is 2.33. The highest BCUT2D eigenvalue weighted by Gasteiger charge is 2.12. The van der Waals surface area contributed by atoms with Crippen LogP contribution in [0.5, 0.6) is 5.75 Å². The van der Waals surface area contributed by atoms with Gasteiger partial charge in [-0.2, -0.15) is 0 Å². The number of hydrogen-bond acceptors (Lipinski definition) is 4. The van der Waals surface area contributed by atoms with Gasteiger partial charge in [0.05, 0.1) is 0 Å². The van der Waals surface area contributed by atoms with Crippen LogP contribution in [0.25, 0.3) is 11.0 Å². The van der Waals surface area contributed by atoms with Crippen molar-refractivity contribution in [2.24, 2.45) is 5.73 Å². The number of furan rings is 1. The Morgan fingerprint density at radius 2 is 2.20 bits per heavy atom. The fourth-order valence-electron chi connectivity index (χ4n) is 1.92. The summed E-state index contributed by atoms with van der Waals surface area (Å²) < 4.78 is 11.1. The van der Waals surface area contributed by atoms with Gasteiger partial charge in [-0.1, -0.05) is 18.2 Å². The summed E-state index contributed by atoms with van der Waals surface area (Å²) in [6, 6.07) is 10.8. The Morgan fingerprint density at radius 3 is 2.95 bits per heavy atom. The number of ether oxygens (including phenoxy) is 1. The summed E-state index contributed by atoms with van der Waals surface area (Å²) in [6.07, 6.45) is 3.44. The Morgan fingerprint density at radius 1 is 1.30 bits per heavy atom. The molecular weight excluding hydrogens is 256 g/mol. The van der Waals surface area contributed by atoms with Gasteiger partial charge in [0.15, 0.2) is 17.1 Å². The number of fused-ring (bicyclic) bond motifs is 1. The smallest absolute Gasteiger partial charge is 0.284 e. The second-order valence-electron chi connectivity index (χ2n) is 4.30. The summed E-state index contributed by atoms with van der Waals surface area (Å²) in [7, 11) is 0. The molecule has 0 aliphatic heterocycles. The van der Waals surface area contributed by atoms with E-state index in [1.54, 1.807) is 24.5 Å². The molecule has 0 radical (unpaired) electrons. The van der Waals surface area contributed by atoms with Gasteiger partial charge in [-0.25, -0.2) is 0 Å². The van der Waals surface area contributed by atoms with Crippen molar-refractivity contribution < 1.29 is 13.9 Å². The number of pyridine rings is 1. The van der Waals surface area contributed by atoms with Crippen LogP contribution < -0.4 is 10.5 Å². The molecule has 0 saturated heterocycles. The lowest BCUT2D eigenvalue weighted by atomic mass is 10.2. The van der Waals surface area contributed by atoms with Gasteiger partial charge in [-0.05, 0) is 18.2 Å². The summed E-state index contributed by atoms with van der Waals surface area (Å²) in [6.45, 7) is 0.375. The molecule has 2 heterocycles. The van der Waals surface area contributed by atoms with Crippen molar-refractivity contribution in [3.05, 3.63) is 60.1 Å². The van der Waals surface area contributed by atoms with Crippen LogP contribution in [-0.2, 0) is 6.61 Å². The van der Waals surface area contributed by atoms with E-state index in [0.29, 0.717) is 17.9 Å². The highest BCUT2D eigenvalue weighted by molar-refractivity contribution is 5.96. The molecule has 5 heteroatoms. The van der Waals surface area contributed by atoms with Gasteiger partial charge in [0, 0.05) is 23.3 Å². The lowest BCUT2D eigenvalue weighted by Gasteiger charge is -2.06. The van der Waals surface area contributed by atoms with Crippen LogP contribution in [0.2, 0.25) is 0 Å². The Bertz CT molecular complexity index is 750. The Balaban J connectivity index is 1.89. The number of amides is 1. The fraction of sp³-hybridized carbons (Fsp3) is 0.0667. The normalized spacial score (nSPS) is 10.6. The number of benzene rings is 1. The summed E-state index contributed by atoms with van der Waals surface area (Å²) in [5.74, 6) is 0.0932. The zero-order valence-corrected chi connectivity index (χ0v) is 10.6. The molecule has 3 aromatic rings. The molecule has 5 nitrogen and oxygen atoms in total. The Hall–Kier alpha value is -2.82. The van der Waals surface area contributed by atoms with E-state index in [0.717, 1.165) is 10.9 Å². The van der Waals surface area contributed by atoms with Crippen LogP contribution in [0.15, 0.2) is 53.2 Å². The van der Waals surface area contributed by atoms with Crippen LogP contribution in [0.3, 0.4) is 0 Å². The molecule has 20 heavy (non-hydrogen) atoms. The molecule has 100 valence electrons. The molecule has 0 saturated carbocycles. The van der Waals surface area contributed by atoms with Gasteiger partial charge >= 0.3 is 0 Å². The molecular formula is C15H12N2O3. The average molecular weight is 268 g/mol. The van der Waals surface area contributed by atoms with E-state index in [2.05, 4.69) is 4.98 Å². The van der Waals surface area contributed by atoms with Crippen LogP contribution in [0.1, 0.15) is 16.1 Å². The van der Waals surface area contributed by atoms with Gasteiger partial charge in [0.1, 0.15) is 6.61 Å². The number of carbonyl (C=O) groups is 1. The third-order valence-electron chi connectivity index (χ3n) is 2.87. The molecule has 0 spiro atoms. The van der Waals surface area contributed by atoms with Crippen LogP contribution >= 0.6 is 0 Å². The van der Waals surface area contributed by atoms with E-state index in [1.165, 1.54) is 0 Å². The number of primary amides is 1. The van der Waals surface area contributed by atoms with Gasteiger partial charge in [0.25, 0.3) is 5.91 Å². The standard InChI is InChI=1S/C15H12N2O3/c16-15(18)13-7-11-4-1-5-12(14(11)20-13)19-9-10-3-2-6-17-8-10/h1-8H,9H2,(H2,16,18). The van der Waals surface area contributed by atoms with Crippen molar-refractivity contribution in [3.8, 4) is 5.75 Å². The third-order valence-corrected chi connectivity index (χ3v) is 2.87. The van der Waals surface area contributed by atoms with Crippen LogP contribution in [0.4, 0.5) is 0 Å². The molecule has 1 amide bonds.